The molecular formula is C18H23N5O2. The first kappa shape index (κ1) is 16.2. The molecule has 132 valence electrons. The van der Waals surface area contributed by atoms with Crippen molar-refractivity contribution in [2.75, 3.05) is 25.0 Å². The molecule has 7 nitrogen and oxygen atoms in total. The lowest BCUT2D eigenvalue weighted by molar-refractivity contribution is -0.120. The Morgan fingerprint density at radius 1 is 1.44 bits per heavy atom. The second kappa shape index (κ2) is 6.57. The number of carbonyl (C=O) groups is 1. The third kappa shape index (κ3) is 3.29. The third-order valence-electron chi connectivity index (χ3n) is 5.16. The van der Waals surface area contributed by atoms with Crippen LogP contribution in [0.1, 0.15) is 11.3 Å². The predicted molar refractivity (Wildman–Crippen MR) is 92.8 cm³/mol. The molecule has 0 aromatic carbocycles. The van der Waals surface area contributed by atoms with E-state index in [9.17, 15) is 4.79 Å². The Kier molecular flexibility index (Phi) is 4.27. The number of aryl methyl sites for hydroxylation is 2. The summed E-state index contributed by atoms with van der Waals surface area (Å²) in [5.74, 6) is 0.170. The molecule has 2 saturated heterocycles. The summed E-state index contributed by atoms with van der Waals surface area (Å²) < 4.78 is 7.73. The van der Waals surface area contributed by atoms with Crippen molar-refractivity contribution < 1.29 is 9.53 Å². The zero-order valence-electron chi connectivity index (χ0n) is 14.6. The van der Waals surface area contributed by atoms with Gasteiger partial charge in [-0.05, 0) is 19.1 Å². The molecule has 1 N–H and O–H groups in total. The average molecular weight is 341 g/mol. The van der Waals surface area contributed by atoms with Gasteiger partial charge in [0.1, 0.15) is 0 Å². The normalized spacial score (nSPS) is 25.9. The highest BCUT2D eigenvalue weighted by molar-refractivity contribution is 5.93. The molecule has 1 amide bonds. The van der Waals surface area contributed by atoms with Crippen LogP contribution in [0, 0.1) is 18.8 Å². The monoisotopic (exact) mass is 341 g/mol. The van der Waals surface area contributed by atoms with Gasteiger partial charge < -0.3 is 10.1 Å². The number of ether oxygens (including phenoxy) is 1. The van der Waals surface area contributed by atoms with Gasteiger partial charge >= 0.3 is 0 Å². The number of amides is 1. The Bertz CT molecular complexity index is 774. The van der Waals surface area contributed by atoms with Crippen LogP contribution in [0.2, 0.25) is 0 Å². The molecule has 0 radical (unpaired) electrons. The molecule has 4 rings (SSSR count). The highest BCUT2D eigenvalue weighted by atomic mass is 16.5. The first-order valence-electron chi connectivity index (χ1n) is 8.64. The number of nitrogens with one attached hydrogen (secondary N) is 1. The van der Waals surface area contributed by atoms with E-state index >= 15 is 0 Å². The number of aromatic nitrogens is 3. The van der Waals surface area contributed by atoms with Gasteiger partial charge in [-0.15, -0.1) is 0 Å². The van der Waals surface area contributed by atoms with Gasteiger partial charge in [0.15, 0.2) is 0 Å². The number of fused-ring (bicyclic) bond motifs is 1. The maximum absolute atomic E-state index is 12.7. The lowest BCUT2D eigenvalue weighted by atomic mass is 9.92. The first-order valence-corrected chi connectivity index (χ1v) is 8.64. The molecule has 4 heterocycles. The highest BCUT2D eigenvalue weighted by Crippen LogP contribution is 2.35. The van der Waals surface area contributed by atoms with E-state index in [2.05, 4.69) is 20.3 Å². The molecule has 2 aromatic heterocycles. The van der Waals surface area contributed by atoms with Gasteiger partial charge in [0.05, 0.1) is 36.2 Å². The van der Waals surface area contributed by atoms with Gasteiger partial charge in [-0.25, -0.2) is 0 Å². The van der Waals surface area contributed by atoms with Gasteiger partial charge in [-0.2, -0.15) is 5.10 Å². The lowest BCUT2D eigenvalue weighted by Gasteiger charge is -2.19. The smallest absolute Gasteiger partial charge is 0.230 e. The zero-order chi connectivity index (χ0) is 17.4. The molecule has 2 aromatic rings. The van der Waals surface area contributed by atoms with Crippen LogP contribution >= 0.6 is 0 Å². The molecule has 0 unspecified atom stereocenters. The minimum Gasteiger partial charge on any atom is -0.376 e. The summed E-state index contributed by atoms with van der Waals surface area (Å²) in [5.41, 5.74) is 2.80. The van der Waals surface area contributed by atoms with Crippen LogP contribution in [0.5, 0.6) is 0 Å². The Hall–Kier alpha value is -2.25. The van der Waals surface area contributed by atoms with E-state index in [0.29, 0.717) is 6.61 Å². The Balaban J connectivity index is 1.39. The number of carbonyl (C=O) groups excluding carboxylic acids is 1. The van der Waals surface area contributed by atoms with Crippen LogP contribution in [-0.4, -0.2) is 51.4 Å². The number of pyridine rings is 1. The molecular weight excluding hydrogens is 318 g/mol. The fourth-order valence-electron chi connectivity index (χ4n) is 3.85. The van der Waals surface area contributed by atoms with Crippen molar-refractivity contribution in [2.24, 2.45) is 18.9 Å². The lowest BCUT2D eigenvalue weighted by Crippen LogP contribution is -2.32. The highest BCUT2D eigenvalue weighted by Gasteiger charge is 2.46. The van der Waals surface area contributed by atoms with Crippen molar-refractivity contribution in [3.63, 3.8) is 0 Å². The molecule has 2 fully saturated rings. The number of hydrogen-bond donors (Lipinski definition) is 1. The summed E-state index contributed by atoms with van der Waals surface area (Å²) in [6.45, 7) is 5.00. The standard InChI is InChI=1S/C18H23N5O2/c1-12-16(4-3-5-19-12)21-18(24)15-11-25-17-10-23(9-14(15)17)8-13-6-20-22(2)7-13/h3-7,14-15,17H,8-11H2,1-2H3,(H,21,24)/t14-,15+,17-/m0/s1. The number of rotatable bonds is 4. The van der Waals surface area contributed by atoms with Gasteiger partial charge in [0.2, 0.25) is 5.91 Å². The molecule has 7 heteroatoms. The third-order valence-corrected chi connectivity index (χ3v) is 5.16. The summed E-state index contributed by atoms with van der Waals surface area (Å²) in [4.78, 5) is 19.3. The van der Waals surface area contributed by atoms with Crippen molar-refractivity contribution in [3.8, 4) is 0 Å². The quantitative estimate of drug-likeness (QED) is 0.905. The Morgan fingerprint density at radius 3 is 3.08 bits per heavy atom. The van der Waals surface area contributed by atoms with Crippen LogP contribution in [0.25, 0.3) is 0 Å². The molecule has 3 atom stereocenters. The van der Waals surface area contributed by atoms with Crippen molar-refractivity contribution in [3.05, 3.63) is 42.0 Å². The molecule has 25 heavy (non-hydrogen) atoms. The van der Waals surface area contributed by atoms with E-state index < -0.39 is 0 Å². The number of likely N-dealkylation sites (tertiary alicyclic amines) is 1. The van der Waals surface area contributed by atoms with Crippen molar-refractivity contribution in [1.29, 1.82) is 0 Å². The van der Waals surface area contributed by atoms with Crippen LogP contribution in [-0.2, 0) is 23.1 Å². The second-order valence-corrected chi connectivity index (χ2v) is 6.98. The molecule has 0 aliphatic carbocycles. The van der Waals surface area contributed by atoms with E-state index in [-0.39, 0.29) is 23.8 Å². The molecule has 0 bridgehead atoms. The molecule has 2 aliphatic rings. The average Bonchev–Trinajstić information content (AvgIpc) is 3.25. The number of hydrogen-bond acceptors (Lipinski definition) is 5. The second-order valence-electron chi connectivity index (χ2n) is 6.98. The van der Waals surface area contributed by atoms with Crippen LogP contribution in [0.15, 0.2) is 30.7 Å². The van der Waals surface area contributed by atoms with E-state index in [0.717, 1.165) is 31.0 Å². The van der Waals surface area contributed by atoms with Gasteiger partial charge in [0, 0.05) is 50.6 Å². The maximum Gasteiger partial charge on any atom is 0.230 e. The number of nitrogens with zero attached hydrogens (tertiary/aromatic N) is 4. The Labute approximate surface area is 147 Å². The van der Waals surface area contributed by atoms with Gasteiger partial charge in [-0.3, -0.25) is 19.4 Å². The van der Waals surface area contributed by atoms with E-state index in [1.54, 1.807) is 6.20 Å². The summed E-state index contributed by atoms with van der Waals surface area (Å²) in [5, 5.41) is 7.24. The Morgan fingerprint density at radius 2 is 2.32 bits per heavy atom. The summed E-state index contributed by atoms with van der Waals surface area (Å²) in [6.07, 6.45) is 5.80. The first-order chi connectivity index (χ1) is 12.1. The van der Waals surface area contributed by atoms with Crippen LogP contribution < -0.4 is 5.32 Å². The van der Waals surface area contributed by atoms with Gasteiger partial charge in [0.25, 0.3) is 0 Å². The molecule has 0 spiro atoms. The summed E-state index contributed by atoms with van der Waals surface area (Å²) in [6, 6.07) is 3.72. The summed E-state index contributed by atoms with van der Waals surface area (Å²) >= 11 is 0. The van der Waals surface area contributed by atoms with E-state index in [4.69, 9.17) is 4.74 Å². The fraction of sp³-hybridized carbons (Fsp3) is 0.500. The van der Waals surface area contributed by atoms with Crippen molar-refractivity contribution in [1.82, 2.24) is 19.7 Å². The van der Waals surface area contributed by atoms with E-state index in [1.807, 2.05) is 43.2 Å². The predicted octanol–water partition coefficient (Wildman–Crippen LogP) is 1.21. The molecule has 0 saturated carbocycles. The van der Waals surface area contributed by atoms with Crippen molar-refractivity contribution >= 4 is 11.6 Å². The minimum atomic E-state index is -0.108. The topological polar surface area (TPSA) is 72.3 Å². The SMILES string of the molecule is Cc1ncccc1NC(=O)[C@@H]1CO[C@H]2CN(Cc3cnn(C)c3)C[C@H]21. The zero-order valence-corrected chi connectivity index (χ0v) is 14.6. The number of anilines is 1. The largest absolute Gasteiger partial charge is 0.376 e. The van der Waals surface area contributed by atoms with E-state index in [1.165, 1.54) is 5.56 Å². The fourth-order valence-corrected chi connectivity index (χ4v) is 3.85. The van der Waals surface area contributed by atoms with Crippen LogP contribution in [0.4, 0.5) is 5.69 Å². The van der Waals surface area contributed by atoms with Gasteiger partial charge in [-0.1, -0.05) is 0 Å². The molecule has 2 aliphatic heterocycles. The minimum absolute atomic E-state index is 0.0341. The maximum atomic E-state index is 12.7. The van der Waals surface area contributed by atoms with Crippen LogP contribution in [0.3, 0.4) is 0 Å². The summed E-state index contributed by atoms with van der Waals surface area (Å²) in [7, 11) is 1.92. The van der Waals surface area contributed by atoms with Crippen molar-refractivity contribution in [2.45, 2.75) is 19.6 Å².